The summed E-state index contributed by atoms with van der Waals surface area (Å²) in [6.45, 7) is 7.02. The number of allylic oxidation sites excluding steroid dienone is 6. The van der Waals surface area contributed by atoms with Crippen LogP contribution in [-0.2, 0) is 11.8 Å². The molecule has 98 valence electrons. The molecule has 0 amide bonds. The maximum atomic E-state index is 2.37. The summed E-state index contributed by atoms with van der Waals surface area (Å²) < 4.78 is 0. The lowest BCUT2D eigenvalue weighted by molar-refractivity contribution is 0.552. The van der Waals surface area contributed by atoms with Crippen molar-refractivity contribution in [3.8, 4) is 0 Å². The first kappa shape index (κ1) is 12.5. The van der Waals surface area contributed by atoms with Crippen molar-refractivity contribution in [1.82, 2.24) is 0 Å². The van der Waals surface area contributed by atoms with E-state index in [-0.39, 0.29) is 5.41 Å². The Hall–Kier alpha value is -1.56. The maximum Gasteiger partial charge on any atom is 0.0111 e. The molecule has 0 heterocycles. The Morgan fingerprint density at radius 2 is 1.74 bits per heavy atom. The van der Waals surface area contributed by atoms with Crippen LogP contribution in [0.2, 0.25) is 0 Å². The highest BCUT2D eigenvalue weighted by Crippen LogP contribution is 2.43. The van der Waals surface area contributed by atoms with Crippen molar-refractivity contribution in [3.05, 3.63) is 70.8 Å². The van der Waals surface area contributed by atoms with Crippen LogP contribution in [0, 0.1) is 5.92 Å². The fourth-order valence-corrected chi connectivity index (χ4v) is 3.45. The van der Waals surface area contributed by atoms with E-state index in [1.165, 1.54) is 29.5 Å². The zero-order valence-corrected chi connectivity index (χ0v) is 12.1. The van der Waals surface area contributed by atoms with E-state index in [0.717, 1.165) is 0 Å². The molecule has 19 heavy (non-hydrogen) atoms. The van der Waals surface area contributed by atoms with Gasteiger partial charge in [-0.15, -0.1) is 0 Å². The molecule has 3 rings (SSSR count). The Bertz CT molecular complexity index is 582. The number of fused-ring (bicyclic) bond motifs is 3. The SMILES string of the molecule is C\C1=C/C=C\C=C2/CC1Cc1ccccc1C2(C)C. The van der Waals surface area contributed by atoms with Gasteiger partial charge in [0.1, 0.15) is 0 Å². The summed E-state index contributed by atoms with van der Waals surface area (Å²) in [5.41, 5.74) is 6.25. The summed E-state index contributed by atoms with van der Waals surface area (Å²) in [5.74, 6) is 0.652. The molecule has 0 nitrogen and oxygen atoms in total. The van der Waals surface area contributed by atoms with Gasteiger partial charge < -0.3 is 0 Å². The molecule has 0 fully saturated rings. The average molecular weight is 250 g/mol. The number of hydrogen-bond acceptors (Lipinski definition) is 0. The number of hydrogen-bond donors (Lipinski definition) is 0. The fraction of sp³-hybridized carbons (Fsp3) is 0.368. The lowest BCUT2D eigenvalue weighted by Gasteiger charge is -2.29. The van der Waals surface area contributed by atoms with E-state index < -0.39 is 0 Å². The summed E-state index contributed by atoms with van der Waals surface area (Å²) in [5, 5.41) is 0. The third kappa shape index (κ3) is 2.10. The molecule has 0 N–H and O–H groups in total. The summed E-state index contributed by atoms with van der Waals surface area (Å²) in [4.78, 5) is 0. The number of rotatable bonds is 0. The van der Waals surface area contributed by atoms with Crippen LogP contribution in [-0.4, -0.2) is 0 Å². The Morgan fingerprint density at radius 1 is 1.00 bits per heavy atom. The normalized spacial score (nSPS) is 31.6. The predicted molar refractivity (Wildman–Crippen MR) is 82.3 cm³/mol. The van der Waals surface area contributed by atoms with Crippen LogP contribution in [0.1, 0.15) is 38.3 Å². The van der Waals surface area contributed by atoms with E-state index in [2.05, 4.69) is 69.3 Å². The first-order valence-corrected chi connectivity index (χ1v) is 7.22. The quantitative estimate of drug-likeness (QED) is 0.610. The van der Waals surface area contributed by atoms with E-state index in [4.69, 9.17) is 0 Å². The van der Waals surface area contributed by atoms with Crippen molar-refractivity contribution in [3.63, 3.8) is 0 Å². The topological polar surface area (TPSA) is 0 Å². The highest BCUT2D eigenvalue weighted by Gasteiger charge is 2.33. The first-order valence-electron chi connectivity index (χ1n) is 7.22. The monoisotopic (exact) mass is 250 g/mol. The van der Waals surface area contributed by atoms with Crippen LogP contribution in [0.4, 0.5) is 0 Å². The van der Waals surface area contributed by atoms with Gasteiger partial charge in [-0.3, -0.25) is 0 Å². The predicted octanol–water partition coefficient (Wildman–Crippen LogP) is 4.97. The summed E-state index contributed by atoms with van der Waals surface area (Å²) in [7, 11) is 0. The van der Waals surface area contributed by atoms with Crippen molar-refractivity contribution >= 4 is 0 Å². The van der Waals surface area contributed by atoms with Gasteiger partial charge in [0.15, 0.2) is 0 Å². The fourth-order valence-electron chi connectivity index (χ4n) is 3.45. The third-order valence-electron chi connectivity index (χ3n) is 4.84. The van der Waals surface area contributed by atoms with Crippen LogP contribution in [0.15, 0.2) is 59.7 Å². The van der Waals surface area contributed by atoms with Crippen LogP contribution in [0.5, 0.6) is 0 Å². The minimum atomic E-state index is 0.146. The molecule has 1 aromatic rings. The Kier molecular flexibility index (Phi) is 2.97. The molecule has 0 radical (unpaired) electrons. The van der Waals surface area contributed by atoms with Crippen molar-refractivity contribution < 1.29 is 0 Å². The molecule has 0 aromatic heterocycles. The number of benzene rings is 1. The second-order valence-electron chi connectivity index (χ2n) is 6.37. The van der Waals surface area contributed by atoms with Gasteiger partial charge in [0.2, 0.25) is 0 Å². The molecule has 1 aromatic carbocycles. The van der Waals surface area contributed by atoms with E-state index in [9.17, 15) is 0 Å². The van der Waals surface area contributed by atoms with Gasteiger partial charge >= 0.3 is 0 Å². The highest BCUT2D eigenvalue weighted by molar-refractivity contribution is 5.45. The van der Waals surface area contributed by atoms with Gasteiger partial charge in [0.05, 0.1) is 0 Å². The maximum absolute atomic E-state index is 2.37. The van der Waals surface area contributed by atoms with Gasteiger partial charge in [-0.25, -0.2) is 0 Å². The zero-order valence-electron chi connectivity index (χ0n) is 12.1. The molecular weight excluding hydrogens is 228 g/mol. The standard InChI is InChI=1S/C19H22/c1-14-8-4-6-10-17-13-16(14)12-15-9-5-7-11-18(15)19(17,2)3/h4-11,16H,12-13H2,1-3H3/b6-4-,14-8+,17-10+. The Morgan fingerprint density at radius 3 is 2.58 bits per heavy atom. The second-order valence-corrected chi connectivity index (χ2v) is 6.37. The molecular formula is C19H22. The van der Waals surface area contributed by atoms with Crippen LogP contribution >= 0.6 is 0 Å². The van der Waals surface area contributed by atoms with Gasteiger partial charge in [-0.2, -0.15) is 0 Å². The molecule has 1 unspecified atom stereocenters. The van der Waals surface area contributed by atoms with Crippen LogP contribution < -0.4 is 0 Å². The van der Waals surface area contributed by atoms with Gasteiger partial charge in [0, 0.05) is 5.41 Å². The Balaban J connectivity index is 2.21. The van der Waals surface area contributed by atoms with Gasteiger partial charge in [-0.1, -0.05) is 73.6 Å². The largest absolute Gasteiger partial charge is 0.0696 e. The van der Waals surface area contributed by atoms with Crippen LogP contribution in [0.25, 0.3) is 0 Å². The Labute approximate surface area is 116 Å². The van der Waals surface area contributed by atoms with E-state index in [0.29, 0.717) is 5.92 Å². The summed E-state index contributed by atoms with van der Waals surface area (Å²) in [6, 6.07) is 8.98. The molecule has 0 saturated heterocycles. The lowest BCUT2D eigenvalue weighted by atomic mass is 9.75. The zero-order chi connectivity index (χ0) is 13.5. The molecule has 1 atom stereocenters. The van der Waals surface area contributed by atoms with Crippen molar-refractivity contribution in [2.45, 2.75) is 39.0 Å². The third-order valence-corrected chi connectivity index (χ3v) is 4.84. The molecule has 2 aliphatic carbocycles. The molecule has 0 spiro atoms. The highest BCUT2D eigenvalue weighted by atomic mass is 14.4. The minimum absolute atomic E-state index is 0.146. The minimum Gasteiger partial charge on any atom is -0.0696 e. The van der Waals surface area contributed by atoms with E-state index in [1.54, 1.807) is 5.57 Å². The summed E-state index contributed by atoms with van der Waals surface area (Å²) >= 11 is 0. The summed E-state index contributed by atoms with van der Waals surface area (Å²) in [6.07, 6.45) is 11.4. The smallest absolute Gasteiger partial charge is 0.0111 e. The molecule has 0 saturated carbocycles. The van der Waals surface area contributed by atoms with Crippen LogP contribution in [0.3, 0.4) is 0 Å². The van der Waals surface area contributed by atoms with E-state index >= 15 is 0 Å². The average Bonchev–Trinajstić information content (AvgIpc) is 2.49. The first-order chi connectivity index (χ1) is 9.09. The van der Waals surface area contributed by atoms with E-state index in [1.807, 2.05) is 0 Å². The van der Waals surface area contributed by atoms with Crippen molar-refractivity contribution in [1.29, 1.82) is 0 Å². The lowest BCUT2D eigenvalue weighted by Crippen LogP contribution is -2.21. The van der Waals surface area contributed by atoms with Gasteiger partial charge in [0.25, 0.3) is 0 Å². The molecule has 2 aliphatic rings. The molecule has 0 heteroatoms. The van der Waals surface area contributed by atoms with Crippen molar-refractivity contribution in [2.24, 2.45) is 5.92 Å². The van der Waals surface area contributed by atoms with Crippen molar-refractivity contribution in [2.75, 3.05) is 0 Å². The second kappa shape index (κ2) is 4.52. The molecule has 0 aliphatic heterocycles. The molecule has 2 bridgehead atoms. The van der Waals surface area contributed by atoms with Gasteiger partial charge in [-0.05, 0) is 36.8 Å².